The molecule has 1 aromatic heterocycles. The van der Waals surface area contributed by atoms with Crippen molar-refractivity contribution >= 4 is 29.6 Å². The molecule has 1 heterocycles. The summed E-state index contributed by atoms with van der Waals surface area (Å²) in [7, 11) is 1.84. The highest BCUT2D eigenvalue weighted by Gasteiger charge is 1.91. The summed E-state index contributed by atoms with van der Waals surface area (Å²) in [4.78, 5) is 10.2. The Hall–Kier alpha value is -1.63. The van der Waals surface area contributed by atoms with Crippen molar-refractivity contribution in [2.75, 3.05) is 19.0 Å². The van der Waals surface area contributed by atoms with Gasteiger partial charge in [-0.1, -0.05) is 12.2 Å². The fourth-order valence-corrected chi connectivity index (χ4v) is 0.712. The molecule has 0 radical (unpaired) electrons. The average molecular weight is 230 g/mol. The third kappa shape index (κ3) is 7.44. The number of hydrogen-bond donors (Lipinski definition) is 3. The van der Waals surface area contributed by atoms with Crippen molar-refractivity contribution in [2.24, 2.45) is 0 Å². The summed E-state index contributed by atoms with van der Waals surface area (Å²) in [6, 6.07) is 1.86. The summed E-state index contributed by atoms with van der Waals surface area (Å²) in [6.07, 6.45) is 1.20. The maximum atomic E-state index is 10.2. The van der Waals surface area contributed by atoms with Crippen molar-refractivity contribution in [3.05, 3.63) is 12.3 Å². The number of carbonyl (C=O) groups is 1. The van der Waals surface area contributed by atoms with Crippen molar-refractivity contribution in [1.82, 2.24) is 15.5 Å². The summed E-state index contributed by atoms with van der Waals surface area (Å²) in [5, 5.41) is 11.5. The van der Waals surface area contributed by atoms with E-state index in [2.05, 4.69) is 37.8 Å². The van der Waals surface area contributed by atoms with E-state index < -0.39 is 6.09 Å². The van der Waals surface area contributed by atoms with Gasteiger partial charge in [-0.3, -0.25) is 10.4 Å². The van der Waals surface area contributed by atoms with E-state index in [-0.39, 0.29) is 0 Å². The number of rotatable bonds is 3. The maximum absolute atomic E-state index is 10.2. The van der Waals surface area contributed by atoms with E-state index in [0.717, 1.165) is 11.3 Å². The Morgan fingerprint density at radius 1 is 1.80 bits per heavy atom. The molecule has 0 aliphatic carbocycles. The molecule has 0 aliphatic rings. The summed E-state index contributed by atoms with van der Waals surface area (Å²) in [5.41, 5.74) is 1.11. The predicted octanol–water partition coefficient (Wildman–Crippen LogP) is 1.14. The average Bonchev–Trinajstić information content (AvgIpc) is 2.72. The van der Waals surface area contributed by atoms with Gasteiger partial charge >= 0.3 is 6.09 Å². The van der Waals surface area contributed by atoms with Gasteiger partial charge in [-0.05, 0) is 13.0 Å². The lowest BCUT2D eigenvalue weighted by Gasteiger charge is -1.96. The number of carbonyl (C=O) groups excluding carboxylic acids is 1. The minimum Gasteiger partial charge on any atom is -0.450 e. The van der Waals surface area contributed by atoms with Crippen LogP contribution in [0.5, 0.6) is 0 Å². The van der Waals surface area contributed by atoms with Gasteiger partial charge in [0.25, 0.3) is 0 Å². The zero-order valence-corrected chi connectivity index (χ0v) is 9.43. The third-order valence-corrected chi connectivity index (χ3v) is 1.34. The van der Waals surface area contributed by atoms with E-state index in [1.807, 2.05) is 13.1 Å². The van der Waals surface area contributed by atoms with E-state index in [1.54, 1.807) is 13.1 Å². The second kappa shape index (κ2) is 8.95. The fraction of sp³-hybridized carbons (Fsp3) is 0.375. The standard InChI is InChI=1S/C4H7N3.C4H7NO2S/c1-5-4-2-3-6-7-4;1-2-7-4(6)5-3-8/h2-3H,1H3,(H2,5,6,7);3H,2H2,1H3,(H,5,6,8). The van der Waals surface area contributed by atoms with Gasteiger partial charge in [-0.15, -0.1) is 0 Å². The first-order valence-corrected chi connectivity index (χ1v) is 4.75. The highest BCUT2D eigenvalue weighted by atomic mass is 32.1. The number of ether oxygens (including phenoxy) is 1. The molecule has 0 aromatic carbocycles. The molecule has 1 aromatic rings. The van der Waals surface area contributed by atoms with Crippen molar-refractivity contribution in [2.45, 2.75) is 6.92 Å². The van der Waals surface area contributed by atoms with Crippen LogP contribution >= 0.6 is 12.2 Å². The Bertz CT molecular complexity index is 276. The molecule has 6 nitrogen and oxygen atoms in total. The molecule has 3 N–H and O–H groups in total. The second-order valence-electron chi connectivity index (χ2n) is 2.20. The number of anilines is 1. The van der Waals surface area contributed by atoms with Crippen LogP contribution in [-0.4, -0.2) is 35.4 Å². The molecular weight excluding hydrogens is 216 g/mol. The van der Waals surface area contributed by atoms with Gasteiger partial charge in [0, 0.05) is 7.05 Å². The second-order valence-corrected chi connectivity index (χ2v) is 2.44. The molecule has 0 atom stereocenters. The van der Waals surface area contributed by atoms with Gasteiger partial charge in [0.15, 0.2) is 0 Å². The molecule has 0 aliphatic heterocycles. The van der Waals surface area contributed by atoms with Crippen LogP contribution in [-0.2, 0) is 4.74 Å². The minimum atomic E-state index is -0.498. The first kappa shape index (κ1) is 13.4. The van der Waals surface area contributed by atoms with Gasteiger partial charge < -0.3 is 10.1 Å². The molecule has 0 saturated carbocycles. The van der Waals surface area contributed by atoms with Crippen LogP contribution < -0.4 is 10.6 Å². The molecule has 0 bridgehead atoms. The van der Waals surface area contributed by atoms with Crippen molar-refractivity contribution in [3.63, 3.8) is 0 Å². The van der Waals surface area contributed by atoms with Crippen LogP contribution in [0.15, 0.2) is 12.3 Å². The van der Waals surface area contributed by atoms with Gasteiger partial charge in [0.2, 0.25) is 0 Å². The highest BCUT2D eigenvalue weighted by molar-refractivity contribution is 7.78. The van der Waals surface area contributed by atoms with E-state index in [4.69, 9.17) is 0 Å². The topological polar surface area (TPSA) is 79.0 Å². The largest absolute Gasteiger partial charge is 0.450 e. The number of amides is 1. The number of aromatic nitrogens is 2. The number of H-pyrrole nitrogens is 1. The molecule has 0 spiro atoms. The van der Waals surface area contributed by atoms with Gasteiger partial charge in [-0.25, -0.2) is 4.79 Å². The lowest BCUT2D eigenvalue weighted by molar-refractivity contribution is 0.158. The quantitative estimate of drug-likeness (QED) is 0.679. The van der Waals surface area contributed by atoms with Crippen LogP contribution in [0.1, 0.15) is 6.92 Å². The molecule has 1 rings (SSSR count). The van der Waals surface area contributed by atoms with Gasteiger partial charge in [-0.2, -0.15) is 5.10 Å². The number of aromatic amines is 1. The highest BCUT2D eigenvalue weighted by Crippen LogP contribution is 1.93. The number of hydrogen-bond acceptors (Lipinski definition) is 5. The number of nitrogens with one attached hydrogen (secondary N) is 3. The first-order valence-electron chi connectivity index (χ1n) is 4.28. The Kier molecular flexibility index (Phi) is 7.97. The fourth-order valence-electron chi connectivity index (χ4n) is 0.616. The summed E-state index contributed by atoms with van der Waals surface area (Å²) >= 11 is 4.31. The predicted molar refractivity (Wildman–Crippen MR) is 61.9 cm³/mol. The lowest BCUT2D eigenvalue weighted by atomic mass is 10.6. The Balaban J connectivity index is 0.000000262. The van der Waals surface area contributed by atoms with Crippen molar-refractivity contribution in [1.29, 1.82) is 0 Å². The van der Waals surface area contributed by atoms with E-state index >= 15 is 0 Å². The molecule has 84 valence electrons. The lowest BCUT2D eigenvalue weighted by Crippen LogP contribution is -2.21. The van der Waals surface area contributed by atoms with Crippen LogP contribution in [0.4, 0.5) is 10.6 Å². The molecule has 0 saturated heterocycles. The molecule has 15 heavy (non-hydrogen) atoms. The summed E-state index contributed by atoms with van der Waals surface area (Å²) in [5.74, 6) is 0.944. The van der Waals surface area contributed by atoms with Crippen molar-refractivity contribution in [3.8, 4) is 0 Å². The number of nitrogens with zero attached hydrogens (tertiary/aromatic N) is 1. The van der Waals surface area contributed by atoms with Crippen molar-refractivity contribution < 1.29 is 9.53 Å². The van der Waals surface area contributed by atoms with Crippen LogP contribution in [0.25, 0.3) is 0 Å². The number of alkyl carbamates (subject to hydrolysis) is 1. The number of thiocarbonyl (C=S) groups is 1. The van der Waals surface area contributed by atoms with E-state index in [1.165, 1.54) is 0 Å². The summed E-state index contributed by atoms with van der Waals surface area (Å²) < 4.78 is 4.43. The van der Waals surface area contributed by atoms with E-state index in [9.17, 15) is 4.79 Å². The molecular formula is C8H14N4O2S. The Labute approximate surface area is 93.4 Å². The van der Waals surface area contributed by atoms with E-state index in [0.29, 0.717) is 6.61 Å². The first-order chi connectivity index (χ1) is 7.24. The minimum absolute atomic E-state index is 0.370. The third-order valence-electron chi connectivity index (χ3n) is 1.22. The zero-order valence-electron chi connectivity index (χ0n) is 8.61. The molecule has 0 fully saturated rings. The maximum Gasteiger partial charge on any atom is 0.411 e. The zero-order chi connectivity index (χ0) is 11.5. The molecule has 7 heteroatoms. The van der Waals surface area contributed by atoms with Crippen LogP contribution in [0, 0.1) is 0 Å². The van der Waals surface area contributed by atoms with Gasteiger partial charge in [0.1, 0.15) is 5.82 Å². The van der Waals surface area contributed by atoms with Crippen LogP contribution in [0.3, 0.4) is 0 Å². The van der Waals surface area contributed by atoms with Gasteiger partial charge in [0.05, 0.1) is 18.3 Å². The monoisotopic (exact) mass is 230 g/mol. The molecule has 1 amide bonds. The molecule has 0 unspecified atom stereocenters. The SMILES string of the molecule is CCOC(=O)NC=S.CNc1ccn[nH]1. The smallest absolute Gasteiger partial charge is 0.411 e. The normalized spacial score (nSPS) is 8.13. The van der Waals surface area contributed by atoms with Crippen LogP contribution in [0.2, 0.25) is 0 Å². The Morgan fingerprint density at radius 3 is 2.87 bits per heavy atom. The Morgan fingerprint density at radius 2 is 2.53 bits per heavy atom. The summed E-state index contributed by atoms with van der Waals surface area (Å²) in [6.45, 7) is 2.10.